The molecule has 1 fully saturated rings. The van der Waals surface area contributed by atoms with E-state index in [1.165, 1.54) is 0 Å². The van der Waals surface area contributed by atoms with Crippen molar-refractivity contribution in [3.63, 3.8) is 0 Å². The summed E-state index contributed by atoms with van der Waals surface area (Å²) in [6, 6.07) is 1.54. The summed E-state index contributed by atoms with van der Waals surface area (Å²) in [6.45, 7) is -0.317. The molecule has 1 aromatic rings. The molecule has 1 aliphatic heterocycles. The molecule has 1 saturated heterocycles. The third kappa shape index (κ3) is 2.17. The Morgan fingerprint density at radius 3 is 2.59 bits per heavy atom. The number of nitrogens with one attached hydrogen (secondary N) is 1. The first-order chi connectivity index (χ1) is 7.89. The van der Waals surface area contributed by atoms with Crippen molar-refractivity contribution in [3.05, 3.63) is 35.1 Å². The maximum absolute atomic E-state index is 13.5. The fourth-order valence-corrected chi connectivity index (χ4v) is 1.68. The predicted octanol–water partition coefficient (Wildman–Crippen LogP) is 2.63. The lowest BCUT2D eigenvalue weighted by molar-refractivity contribution is -0.138. The number of amides is 1. The molecule has 7 heteroatoms. The van der Waals surface area contributed by atoms with Gasteiger partial charge in [-0.1, -0.05) is 6.07 Å². The van der Waals surface area contributed by atoms with Gasteiger partial charge in [-0.2, -0.15) is 13.2 Å². The standard InChI is InChI=1S/C10H7F4NO2/c11-6-3-1-2-5(10(12,13)14)8(6)7-4-17-9(16)15-7/h1-3,7H,4H2,(H,15,16)/t7-/m0/s1. The quantitative estimate of drug-likeness (QED) is 0.777. The summed E-state index contributed by atoms with van der Waals surface area (Å²) in [5.74, 6) is -1.02. The number of ether oxygens (including phenoxy) is 1. The van der Waals surface area contributed by atoms with Crippen molar-refractivity contribution < 1.29 is 27.1 Å². The lowest BCUT2D eigenvalue weighted by Crippen LogP contribution is -2.23. The SMILES string of the molecule is O=C1N[C@H](c2c(F)cccc2C(F)(F)F)CO1. The molecule has 1 atom stereocenters. The molecule has 1 amide bonds. The van der Waals surface area contributed by atoms with Crippen molar-refractivity contribution in [2.24, 2.45) is 0 Å². The van der Waals surface area contributed by atoms with Crippen LogP contribution in [0.2, 0.25) is 0 Å². The second-order valence-corrected chi connectivity index (χ2v) is 3.49. The van der Waals surface area contributed by atoms with E-state index in [2.05, 4.69) is 10.1 Å². The van der Waals surface area contributed by atoms with Crippen LogP contribution in [0.1, 0.15) is 17.2 Å². The van der Waals surface area contributed by atoms with Gasteiger partial charge in [0.15, 0.2) is 0 Å². The van der Waals surface area contributed by atoms with Crippen LogP contribution in [0.4, 0.5) is 22.4 Å². The van der Waals surface area contributed by atoms with Gasteiger partial charge in [-0.25, -0.2) is 9.18 Å². The Labute approximate surface area is 93.4 Å². The van der Waals surface area contributed by atoms with Crippen LogP contribution in [-0.2, 0) is 10.9 Å². The number of alkyl carbamates (subject to hydrolysis) is 1. The molecule has 1 heterocycles. The van der Waals surface area contributed by atoms with Crippen LogP contribution in [0.3, 0.4) is 0 Å². The molecule has 0 radical (unpaired) electrons. The number of rotatable bonds is 1. The number of hydrogen-bond acceptors (Lipinski definition) is 2. The average Bonchev–Trinajstić information content (AvgIpc) is 2.63. The van der Waals surface area contributed by atoms with Crippen molar-refractivity contribution >= 4 is 6.09 Å². The summed E-state index contributed by atoms with van der Waals surface area (Å²) in [6.07, 6.45) is -5.53. The molecule has 0 bridgehead atoms. The van der Waals surface area contributed by atoms with Crippen molar-refractivity contribution in [1.29, 1.82) is 0 Å². The highest BCUT2D eigenvalue weighted by atomic mass is 19.4. The number of carbonyl (C=O) groups excluding carboxylic acids is 1. The lowest BCUT2D eigenvalue weighted by atomic mass is 10.00. The average molecular weight is 249 g/mol. The Hall–Kier alpha value is -1.79. The van der Waals surface area contributed by atoms with E-state index < -0.39 is 35.3 Å². The summed E-state index contributed by atoms with van der Waals surface area (Å²) < 4.78 is 55.9. The van der Waals surface area contributed by atoms with Crippen LogP contribution in [0, 0.1) is 5.82 Å². The van der Waals surface area contributed by atoms with E-state index in [0.29, 0.717) is 0 Å². The Morgan fingerprint density at radius 2 is 2.06 bits per heavy atom. The van der Waals surface area contributed by atoms with Crippen LogP contribution in [0.15, 0.2) is 18.2 Å². The number of cyclic esters (lactones) is 1. The molecule has 0 aromatic heterocycles. The van der Waals surface area contributed by atoms with Gasteiger partial charge < -0.3 is 10.1 Å². The minimum atomic E-state index is -4.68. The van der Waals surface area contributed by atoms with Crippen LogP contribution in [-0.4, -0.2) is 12.7 Å². The highest BCUT2D eigenvalue weighted by Gasteiger charge is 2.39. The maximum Gasteiger partial charge on any atom is 0.416 e. The Morgan fingerprint density at radius 1 is 1.35 bits per heavy atom. The van der Waals surface area contributed by atoms with Gasteiger partial charge in [-0.15, -0.1) is 0 Å². The van der Waals surface area contributed by atoms with Gasteiger partial charge in [0.1, 0.15) is 12.4 Å². The van der Waals surface area contributed by atoms with Gasteiger partial charge in [-0.3, -0.25) is 0 Å². The van der Waals surface area contributed by atoms with Crippen LogP contribution < -0.4 is 5.32 Å². The van der Waals surface area contributed by atoms with Crippen LogP contribution in [0.25, 0.3) is 0 Å². The van der Waals surface area contributed by atoms with E-state index in [0.717, 1.165) is 18.2 Å². The first kappa shape index (κ1) is 11.7. The molecule has 0 spiro atoms. The second-order valence-electron chi connectivity index (χ2n) is 3.49. The fourth-order valence-electron chi connectivity index (χ4n) is 1.68. The molecule has 3 nitrogen and oxygen atoms in total. The summed E-state index contributed by atoms with van der Waals surface area (Å²) in [5, 5.41) is 2.12. The third-order valence-corrected chi connectivity index (χ3v) is 2.38. The zero-order valence-corrected chi connectivity index (χ0v) is 8.34. The maximum atomic E-state index is 13.5. The van der Waals surface area contributed by atoms with Gasteiger partial charge in [0, 0.05) is 5.56 Å². The smallest absolute Gasteiger partial charge is 0.416 e. The summed E-state index contributed by atoms with van der Waals surface area (Å²) in [5.41, 5.74) is -1.70. The van der Waals surface area contributed by atoms with Gasteiger partial charge in [0.25, 0.3) is 0 Å². The van der Waals surface area contributed by atoms with E-state index in [9.17, 15) is 22.4 Å². The monoisotopic (exact) mass is 249 g/mol. The summed E-state index contributed by atoms with van der Waals surface area (Å²) in [4.78, 5) is 10.8. The molecule has 1 aromatic carbocycles. The Bertz CT molecular complexity index is 458. The van der Waals surface area contributed by atoms with Crippen LogP contribution in [0.5, 0.6) is 0 Å². The van der Waals surface area contributed by atoms with E-state index in [1.54, 1.807) is 0 Å². The second kappa shape index (κ2) is 3.90. The normalized spacial score (nSPS) is 20.0. The van der Waals surface area contributed by atoms with E-state index >= 15 is 0 Å². The van der Waals surface area contributed by atoms with Crippen molar-refractivity contribution in [2.75, 3.05) is 6.61 Å². The van der Waals surface area contributed by atoms with Crippen molar-refractivity contribution in [2.45, 2.75) is 12.2 Å². The molecule has 0 saturated carbocycles. The predicted molar refractivity (Wildman–Crippen MR) is 48.6 cm³/mol. The van der Waals surface area contributed by atoms with E-state index in [-0.39, 0.29) is 6.61 Å². The van der Waals surface area contributed by atoms with Gasteiger partial charge >= 0.3 is 12.3 Å². The molecule has 2 rings (SSSR count). The molecule has 0 unspecified atom stereocenters. The number of halogens is 4. The molecular formula is C10H7F4NO2. The number of carbonyl (C=O) groups is 1. The molecule has 1 N–H and O–H groups in total. The molecular weight excluding hydrogens is 242 g/mol. The van der Waals surface area contributed by atoms with E-state index in [1.807, 2.05) is 0 Å². The molecule has 1 aliphatic rings. The van der Waals surface area contributed by atoms with Gasteiger partial charge in [-0.05, 0) is 12.1 Å². The number of hydrogen-bond donors (Lipinski definition) is 1. The summed E-state index contributed by atoms with van der Waals surface area (Å²) >= 11 is 0. The third-order valence-electron chi connectivity index (χ3n) is 2.38. The van der Waals surface area contributed by atoms with Crippen molar-refractivity contribution in [1.82, 2.24) is 5.32 Å². The topological polar surface area (TPSA) is 38.3 Å². The first-order valence-corrected chi connectivity index (χ1v) is 4.68. The minimum absolute atomic E-state index is 0.317. The lowest BCUT2D eigenvalue weighted by Gasteiger charge is -2.16. The fraction of sp³-hybridized carbons (Fsp3) is 0.300. The Kier molecular flexibility index (Phi) is 2.68. The minimum Gasteiger partial charge on any atom is -0.447 e. The van der Waals surface area contributed by atoms with Crippen molar-refractivity contribution in [3.8, 4) is 0 Å². The van der Waals surface area contributed by atoms with Crippen LogP contribution >= 0.6 is 0 Å². The van der Waals surface area contributed by atoms with E-state index in [4.69, 9.17) is 0 Å². The molecule has 0 aliphatic carbocycles. The number of alkyl halides is 3. The molecule has 17 heavy (non-hydrogen) atoms. The Balaban J connectivity index is 2.48. The molecule has 92 valence electrons. The first-order valence-electron chi connectivity index (χ1n) is 4.68. The van der Waals surface area contributed by atoms with Gasteiger partial charge in [0.2, 0.25) is 0 Å². The zero-order valence-electron chi connectivity index (χ0n) is 8.34. The number of benzene rings is 1. The highest BCUT2D eigenvalue weighted by molar-refractivity contribution is 5.70. The zero-order chi connectivity index (χ0) is 12.6. The van der Waals surface area contributed by atoms with Gasteiger partial charge in [0.05, 0.1) is 11.6 Å². The highest BCUT2D eigenvalue weighted by Crippen LogP contribution is 2.36. The largest absolute Gasteiger partial charge is 0.447 e. The summed E-state index contributed by atoms with van der Waals surface area (Å²) in [7, 11) is 0.